The molecule has 1 amide bonds. The summed E-state index contributed by atoms with van der Waals surface area (Å²) in [6.45, 7) is 0.0955. The van der Waals surface area contributed by atoms with E-state index in [0.717, 1.165) is 16.1 Å². The number of rotatable bonds is 3. The second-order valence-electron chi connectivity index (χ2n) is 7.52. The van der Waals surface area contributed by atoms with Crippen molar-refractivity contribution in [2.24, 2.45) is 0 Å². The average molecular weight is 387 g/mol. The molecule has 0 radical (unpaired) electrons. The number of aliphatic hydroxyl groups is 1. The van der Waals surface area contributed by atoms with Crippen LogP contribution in [0.5, 0.6) is 0 Å². The Bertz CT molecular complexity index is 1020. The number of halogens is 2. The van der Waals surface area contributed by atoms with Crippen molar-refractivity contribution in [3.63, 3.8) is 0 Å². The monoisotopic (exact) mass is 387 g/mol. The molecule has 28 heavy (non-hydrogen) atoms. The van der Waals surface area contributed by atoms with E-state index in [1.165, 1.54) is 6.33 Å². The Kier molecular flexibility index (Phi) is 3.61. The molecule has 0 bridgehead atoms. The van der Waals surface area contributed by atoms with Crippen LogP contribution in [0.4, 0.5) is 8.78 Å². The number of alkyl halides is 2. The van der Waals surface area contributed by atoms with Crippen LogP contribution in [0.25, 0.3) is 5.52 Å². The Hall–Kier alpha value is -2.81. The van der Waals surface area contributed by atoms with Crippen molar-refractivity contribution in [2.45, 2.75) is 43.2 Å². The minimum atomic E-state index is -3.85. The zero-order valence-corrected chi connectivity index (χ0v) is 15.0. The van der Waals surface area contributed by atoms with Gasteiger partial charge in [-0.25, -0.2) is 9.50 Å². The summed E-state index contributed by atoms with van der Waals surface area (Å²) in [7, 11) is 0. The van der Waals surface area contributed by atoms with E-state index in [0.29, 0.717) is 24.2 Å². The second kappa shape index (κ2) is 5.84. The first kappa shape index (κ1) is 17.3. The summed E-state index contributed by atoms with van der Waals surface area (Å²) in [6, 6.07) is 6.45. The fourth-order valence-corrected chi connectivity index (χ4v) is 4.09. The van der Waals surface area contributed by atoms with E-state index in [-0.39, 0.29) is 19.4 Å². The molecule has 1 fully saturated rings. The number of pyridine rings is 1. The highest BCUT2D eigenvalue weighted by Crippen LogP contribution is 2.46. The summed E-state index contributed by atoms with van der Waals surface area (Å²) < 4.78 is 31.5. The molecule has 1 aliphatic carbocycles. The van der Waals surface area contributed by atoms with E-state index >= 15 is 0 Å². The number of carbonyl (C=O) groups is 1. The van der Waals surface area contributed by atoms with Gasteiger partial charge in [0.25, 0.3) is 5.91 Å². The third-order valence-corrected chi connectivity index (χ3v) is 5.89. The van der Waals surface area contributed by atoms with Crippen LogP contribution < -0.4 is 0 Å². The van der Waals surface area contributed by atoms with Crippen molar-refractivity contribution in [2.75, 3.05) is 6.54 Å². The van der Waals surface area contributed by atoms with Gasteiger partial charge < -0.3 is 15.0 Å². The average Bonchev–Trinajstić information content (AvgIpc) is 3.30. The van der Waals surface area contributed by atoms with Gasteiger partial charge >= 0.3 is 5.92 Å². The molecule has 2 N–H and O–H groups in total. The number of H-pyrrole nitrogens is 1. The molecule has 1 saturated carbocycles. The molecule has 7 nitrogen and oxygen atoms in total. The van der Waals surface area contributed by atoms with Crippen LogP contribution in [-0.4, -0.2) is 53.6 Å². The normalized spacial score (nSPS) is 21.4. The zero-order valence-electron chi connectivity index (χ0n) is 15.0. The number of imidazole rings is 1. The molecule has 0 spiro atoms. The predicted octanol–water partition coefficient (Wildman–Crippen LogP) is 2.08. The van der Waals surface area contributed by atoms with Gasteiger partial charge in [0.15, 0.2) is 0 Å². The first-order valence-electron chi connectivity index (χ1n) is 9.28. The maximum absolute atomic E-state index is 14.9. The quantitative estimate of drug-likeness (QED) is 0.721. The van der Waals surface area contributed by atoms with Crippen LogP contribution in [0.15, 0.2) is 36.8 Å². The molecule has 2 aliphatic rings. The van der Waals surface area contributed by atoms with Gasteiger partial charge in [0.2, 0.25) is 0 Å². The number of carbonyl (C=O) groups excluding carboxylic acids is 1. The Labute approximate surface area is 159 Å². The lowest BCUT2D eigenvalue weighted by atomic mass is 9.74. The summed E-state index contributed by atoms with van der Waals surface area (Å²) in [4.78, 5) is 21.4. The number of nitrogens with one attached hydrogen (secondary N) is 1. The molecule has 3 aromatic heterocycles. The zero-order chi connectivity index (χ0) is 19.5. The van der Waals surface area contributed by atoms with Gasteiger partial charge in [-0.15, -0.1) is 0 Å². The second-order valence-corrected chi connectivity index (χ2v) is 7.52. The topological polar surface area (TPSA) is 86.5 Å². The van der Waals surface area contributed by atoms with E-state index in [2.05, 4.69) is 15.1 Å². The lowest BCUT2D eigenvalue weighted by molar-refractivity contribution is -0.224. The summed E-state index contributed by atoms with van der Waals surface area (Å²) in [6.07, 6.45) is 3.97. The maximum Gasteiger partial charge on any atom is 0.352 e. The van der Waals surface area contributed by atoms with Crippen molar-refractivity contribution < 1.29 is 18.7 Å². The largest absolute Gasteiger partial charge is 0.383 e. The fraction of sp³-hybridized carbons (Fsp3) is 0.421. The van der Waals surface area contributed by atoms with Gasteiger partial charge in [-0.1, -0.05) is 6.07 Å². The minimum absolute atomic E-state index is 0.0771. The van der Waals surface area contributed by atoms with Crippen molar-refractivity contribution in [3.05, 3.63) is 53.9 Å². The summed E-state index contributed by atoms with van der Waals surface area (Å²) in [5, 5.41) is 14.7. The van der Waals surface area contributed by atoms with E-state index in [1.807, 2.05) is 18.2 Å². The first-order valence-corrected chi connectivity index (χ1v) is 9.28. The van der Waals surface area contributed by atoms with Crippen molar-refractivity contribution >= 4 is 11.4 Å². The molecule has 1 atom stereocenters. The highest BCUT2D eigenvalue weighted by Gasteiger charge is 2.63. The Balaban J connectivity index is 1.59. The summed E-state index contributed by atoms with van der Waals surface area (Å²) in [5.41, 5.74) is 0.302. The molecule has 5 rings (SSSR count). The number of aromatic amines is 1. The van der Waals surface area contributed by atoms with Crippen molar-refractivity contribution in [1.29, 1.82) is 0 Å². The molecule has 0 aromatic carbocycles. The Morgan fingerprint density at radius 3 is 2.89 bits per heavy atom. The summed E-state index contributed by atoms with van der Waals surface area (Å²) in [5.74, 6) is -5.22. The van der Waals surface area contributed by atoms with Crippen LogP contribution in [-0.2, 0) is 11.2 Å². The van der Waals surface area contributed by atoms with Crippen LogP contribution in [0.3, 0.4) is 0 Å². The number of aromatic nitrogens is 4. The smallest absolute Gasteiger partial charge is 0.352 e. The maximum atomic E-state index is 14.9. The van der Waals surface area contributed by atoms with E-state index in [4.69, 9.17) is 0 Å². The molecule has 4 heterocycles. The van der Waals surface area contributed by atoms with Crippen LogP contribution >= 0.6 is 0 Å². The number of hydrogen-bond donors (Lipinski definition) is 2. The van der Waals surface area contributed by atoms with Gasteiger partial charge in [-0.2, -0.15) is 13.9 Å². The number of nitrogens with zero attached hydrogens (tertiary/aromatic N) is 4. The molecule has 0 saturated heterocycles. The molecule has 9 heteroatoms. The lowest BCUT2D eigenvalue weighted by Crippen LogP contribution is -2.62. The SMILES string of the molecule is O=C(N1CCc2[nH]cnc2[C@H]1c1cc2ccccn2n1)C(F)(F)C1(O)CCC1. The highest BCUT2D eigenvalue weighted by atomic mass is 19.3. The van der Waals surface area contributed by atoms with E-state index < -0.39 is 23.5 Å². The number of fused-ring (bicyclic) bond motifs is 2. The van der Waals surface area contributed by atoms with Crippen molar-refractivity contribution in [1.82, 2.24) is 24.5 Å². The number of hydrogen-bond acceptors (Lipinski definition) is 4. The van der Waals surface area contributed by atoms with E-state index in [9.17, 15) is 18.7 Å². The van der Waals surface area contributed by atoms with Gasteiger partial charge in [-0.3, -0.25) is 4.79 Å². The fourth-order valence-electron chi connectivity index (χ4n) is 4.09. The molecule has 0 unspecified atom stereocenters. The van der Waals surface area contributed by atoms with E-state index in [1.54, 1.807) is 16.8 Å². The molecule has 3 aromatic rings. The van der Waals surface area contributed by atoms with Crippen LogP contribution in [0.1, 0.15) is 42.4 Å². The number of amides is 1. The first-order chi connectivity index (χ1) is 13.4. The molecular weight excluding hydrogens is 368 g/mol. The standard InChI is InChI=1S/C19H19F2N5O2/c20-19(21,18(28)6-3-7-18)17(27)25-9-5-13-15(23-11-22-13)16(25)14-10-12-4-1-2-8-26(12)24-14/h1-2,4,8,10-11,16,28H,3,5-7,9H2,(H,22,23)/t16-/m1/s1. The Morgan fingerprint density at radius 1 is 1.36 bits per heavy atom. The lowest BCUT2D eigenvalue weighted by Gasteiger charge is -2.45. The van der Waals surface area contributed by atoms with Crippen LogP contribution in [0.2, 0.25) is 0 Å². The van der Waals surface area contributed by atoms with Crippen molar-refractivity contribution in [3.8, 4) is 0 Å². The molecule has 146 valence electrons. The van der Waals surface area contributed by atoms with Gasteiger partial charge in [0.05, 0.1) is 23.2 Å². The minimum Gasteiger partial charge on any atom is -0.383 e. The van der Waals surface area contributed by atoms with Gasteiger partial charge in [-0.05, 0) is 37.5 Å². The third kappa shape index (κ3) is 2.32. The van der Waals surface area contributed by atoms with Gasteiger partial charge in [0, 0.05) is 24.9 Å². The highest BCUT2D eigenvalue weighted by molar-refractivity contribution is 5.86. The van der Waals surface area contributed by atoms with Crippen LogP contribution in [0, 0.1) is 0 Å². The molecule has 1 aliphatic heterocycles. The van der Waals surface area contributed by atoms with Gasteiger partial charge in [0.1, 0.15) is 11.6 Å². The molecular formula is C19H19F2N5O2. The Morgan fingerprint density at radius 2 is 2.18 bits per heavy atom. The third-order valence-electron chi connectivity index (χ3n) is 5.89. The predicted molar refractivity (Wildman–Crippen MR) is 94.8 cm³/mol. The summed E-state index contributed by atoms with van der Waals surface area (Å²) >= 11 is 0.